The van der Waals surface area contributed by atoms with Crippen LogP contribution in [0.15, 0.2) is 18.5 Å². The van der Waals surface area contributed by atoms with Crippen LogP contribution in [0, 0.1) is 17.7 Å². The van der Waals surface area contributed by atoms with Gasteiger partial charge < -0.3 is 9.80 Å². The molecule has 0 bridgehead atoms. The van der Waals surface area contributed by atoms with E-state index in [2.05, 4.69) is 23.7 Å². The van der Waals surface area contributed by atoms with Crippen LogP contribution < -0.4 is 0 Å². The average molecular weight is 291 g/mol. The highest BCUT2D eigenvalue weighted by atomic mass is 19.1. The fourth-order valence-corrected chi connectivity index (χ4v) is 3.55. The van der Waals surface area contributed by atoms with Crippen molar-refractivity contribution in [1.29, 1.82) is 0 Å². The Morgan fingerprint density at radius 1 is 1.33 bits per heavy atom. The average Bonchev–Trinajstić information content (AvgIpc) is 2.89. The van der Waals surface area contributed by atoms with Gasteiger partial charge in [0.1, 0.15) is 0 Å². The number of hydrogen-bond donors (Lipinski definition) is 0. The zero-order chi connectivity index (χ0) is 15.0. The summed E-state index contributed by atoms with van der Waals surface area (Å²) in [4.78, 5) is 20.5. The highest BCUT2D eigenvalue weighted by Crippen LogP contribution is 2.32. The molecule has 0 radical (unpaired) electrons. The molecule has 114 valence electrons. The molecule has 21 heavy (non-hydrogen) atoms. The molecule has 1 aromatic rings. The molecule has 2 atom stereocenters. The minimum absolute atomic E-state index is 0.143. The molecule has 0 N–H and O–H groups in total. The van der Waals surface area contributed by atoms with E-state index >= 15 is 0 Å². The van der Waals surface area contributed by atoms with E-state index in [0.717, 1.165) is 38.8 Å². The van der Waals surface area contributed by atoms with Crippen LogP contribution in [0.25, 0.3) is 0 Å². The molecule has 2 aliphatic rings. The highest BCUT2D eigenvalue weighted by Gasteiger charge is 2.39. The first-order valence-electron chi connectivity index (χ1n) is 7.69. The zero-order valence-electron chi connectivity index (χ0n) is 12.6. The van der Waals surface area contributed by atoms with E-state index in [4.69, 9.17) is 0 Å². The third-order valence-electron chi connectivity index (χ3n) is 4.85. The van der Waals surface area contributed by atoms with Crippen molar-refractivity contribution in [1.82, 2.24) is 14.8 Å². The van der Waals surface area contributed by atoms with Gasteiger partial charge in [-0.3, -0.25) is 9.78 Å². The highest BCUT2D eigenvalue weighted by molar-refractivity contribution is 5.94. The number of nitrogens with zero attached hydrogens (tertiary/aromatic N) is 3. The Kier molecular flexibility index (Phi) is 3.93. The normalized spacial score (nSPS) is 26.2. The van der Waals surface area contributed by atoms with Crippen LogP contribution in [0.2, 0.25) is 0 Å². The summed E-state index contributed by atoms with van der Waals surface area (Å²) in [5.74, 6) is 0.366. The van der Waals surface area contributed by atoms with E-state index in [1.807, 2.05) is 4.90 Å². The van der Waals surface area contributed by atoms with Crippen LogP contribution in [-0.2, 0) is 0 Å². The molecule has 3 heterocycles. The number of fused-ring (bicyclic) bond motifs is 1. The topological polar surface area (TPSA) is 36.4 Å². The van der Waals surface area contributed by atoms with Gasteiger partial charge in [0, 0.05) is 31.9 Å². The van der Waals surface area contributed by atoms with Crippen LogP contribution in [0.3, 0.4) is 0 Å². The fraction of sp³-hybridized carbons (Fsp3) is 0.625. The summed E-state index contributed by atoms with van der Waals surface area (Å²) in [6, 6.07) is 2.02. The number of halogens is 1. The molecule has 0 saturated carbocycles. The first kappa shape index (κ1) is 14.4. The Morgan fingerprint density at radius 3 is 2.81 bits per heavy atom. The van der Waals surface area contributed by atoms with Crippen molar-refractivity contribution in [3.63, 3.8) is 0 Å². The van der Waals surface area contributed by atoms with Gasteiger partial charge in [-0.15, -0.1) is 0 Å². The zero-order valence-corrected chi connectivity index (χ0v) is 12.6. The van der Waals surface area contributed by atoms with Gasteiger partial charge in [-0.1, -0.05) is 0 Å². The van der Waals surface area contributed by atoms with Gasteiger partial charge in [-0.05, 0) is 44.7 Å². The summed E-state index contributed by atoms with van der Waals surface area (Å²) in [6.45, 7) is 8.08. The molecule has 3 rings (SSSR count). The van der Waals surface area contributed by atoms with E-state index < -0.39 is 5.82 Å². The van der Waals surface area contributed by atoms with E-state index in [1.54, 1.807) is 0 Å². The second kappa shape index (κ2) is 5.72. The van der Waals surface area contributed by atoms with Gasteiger partial charge in [-0.25, -0.2) is 4.39 Å². The number of carbonyl (C=O) groups is 1. The quantitative estimate of drug-likeness (QED) is 0.836. The number of hydrogen-bond acceptors (Lipinski definition) is 3. The molecular formula is C16H22FN3O. The number of likely N-dealkylation sites (tertiary alicyclic amines) is 2. The van der Waals surface area contributed by atoms with Crippen LogP contribution in [0.5, 0.6) is 0 Å². The number of carbonyl (C=O) groups excluding carboxylic acids is 1. The van der Waals surface area contributed by atoms with Crippen molar-refractivity contribution in [3.8, 4) is 0 Å². The minimum atomic E-state index is -0.527. The van der Waals surface area contributed by atoms with E-state index in [-0.39, 0.29) is 11.5 Å². The largest absolute Gasteiger partial charge is 0.338 e. The molecule has 0 unspecified atom stereocenters. The van der Waals surface area contributed by atoms with Crippen molar-refractivity contribution < 1.29 is 9.18 Å². The van der Waals surface area contributed by atoms with Crippen LogP contribution in [0.4, 0.5) is 4.39 Å². The van der Waals surface area contributed by atoms with Crippen LogP contribution in [-0.4, -0.2) is 52.9 Å². The first-order chi connectivity index (χ1) is 10.1. The van der Waals surface area contributed by atoms with Crippen molar-refractivity contribution in [2.45, 2.75) is 26.3 Å². The second-order valence-electron chi connectivity index (χ2n) is 6.46. The predicted octanol–water partition coefficient (Wildman–Crippen LogP) is 2.02. The Hall–Kier alpha value is -1.49. The van der Waals surface area contributed by atoms with Gasteiger partial charge in [0.15, 0.2) is 5.82 Å². The molecule has 0 aliphatic carbocycles. The maximum Gasteiger partial charge on any atom is 0.256 e. The molecule has 5 heteroatoms. The molecular weight excluding hydrogens is 269 g/mol. The third-order valence-corrected chi connectivity index (χ3v) is 4.85. The summed E-state index contributed by atoms with van der Waals surface area (Å²) in [5.41, 5.74) is 0.143. The molecule has 1 amide bonds. The lowest BCUT2D eigenvalue weighted by Gasteiger charge is -2.36. The monoisotopic (exact) mass is 291 g/mol. The van der Waals surface area contributed by atoms with Gasteiger partial charge in [0.05, 0.1) is 11.8 Å². The van der Waals surface area contributed by atoms with E-state index in [0.29, 0.717) is 17.9 Å². The Labute approximate surface area is 125 Å². The predicted molar refractivity (Wildman–Crippen MR) is 78.4 cm³/mol. The summed E-state index contributed by atoms with van der Waals surface area (Å²) in [6.07, 6.45) is 3.71. The number of rotatable bonds is 2. The minimum Gasteiger partial charge on any atom is -0.338 e. The first-order valence-corrected chi connectivity index (χ1v) is 7.69. The SMILES string of the molecule is CC(C)N1CC[C@@H]2CN(C(=O)c3ccncc3F)C[C@@H]2C1. The lowest BCUT2D eigenvalue weighted by atomic mass is 9.88. The number of aromatic nitrogens is 1. The van der Waals surface area contributed by atoms with E-state index in [1.165, 1.54) is 12.3 Å². The Morgan fingerprint density at radius 2 is 2.10 bits per heavy atom. The Bertz CT molecular complexity index is 534. The molecule has 2 aliphatic heterocycles. The van der Waals surface area contributed by atoms with Gasteiger partial charge in [-0.2, -0.15) is 0 Å². The summed E-state index contributed by atoms with van der Waals surface area (Å²) in [7, 11) is 0. The van der Waals surface area contributed by atoms with Crippen molar-refractivity contribution in [3.05, 3.63) is 29.8 Å². The van der Waals surface area contributed by atoms with Gasteiger partial charge in [0.25, 0.3) is 5.91 Å². The number of pyridine rings is 1. The third kappa shape index (κ3) is 2.79. The van der Waals surface area contributed by atoms with Crippen molar-refractivity contribution in [2.75, 3.05) is 26.2 Å². The van der Waals surface area contributed by atoms with Crippen molar-refractivity contribution >= 4 is 5.91 Å². The molecule has 0 spiro atoms. The van der Waals surface area contributed by atoms with Gasteiger partial charge >= 0.3 is 0 Å². The maximum absolute atomic E-state index is 13.7. The maximum atomic E-state index is 13.7. The molecule has 0 aromatic carbocycles. The summed E-state index contributed by atoms with van der Waals surface area (Å²) < 4.78 is 13.7. The lowest BCUT2D eigenvalue weighted by molar-refractivity contribution is 0.0778. The van der Waals surface area contributed by atoms with Gasteiger partial charge in [0.2, 0.25) is 0 Å². The standard InChI is InChI=1S/C16H22FN3O/c1-11(2)19-6-4-12-8-20(10-13(12)9-19)16(21)14-3-5-18-7-15(14)17/h3,5,7,11-13H,4,6,8-10H2,1-2H3/t12-,13+/m1/s1. The molecule has 1 aromatic heterocycles. The molecule has 2 saturated heterocycles. The van der Waals surface area contributed by atoms with E-state index in [9.17, 15) is 9.18 Å². The number of piperidine rings is 1. The van der Waals surface area contributed by atoms with Crippen LogP contribution >= 0.6 is 0 Å². The molecule has 4 nitrogen and oxygen atoms in total. The number of amides is 1. The Balaban J connectivity index is 1.70. The van der Waals surface area contributed by atoms with Crippen molar-refractivity contribution in [2.24, 2.45) is 11.8 Å². The fourth-order valence-electron chi connectivity index (χ4n) is 3.55. The summed E-state index contributed by atoms with van der Waals surface area (Å²) in [5, 5.41) is 0. The molecule has 2 fully saturated rings. The smallest absolute Gasteiger partial charge is 0.256 e. The van der Waals surface area contributed by atoms with Crippen LogP contribution in [0.1, 0.15) is 30.6 Å². The second-order valence-corrected chi connectivity index (χ2v) is 6.46. The summed E-state index contributed by atoms with van der Waals surface area (Å²) >= 11 is 0. The lowest BCUT2D eigenvalue weighted by Crippen LogP contribution is -2.43.